The summed E-state index contributed by atoms with van der Waals surface area (Å²) < 4.78 is 10.8. The summed E-state index contributed by atoms with van der Waals surface area (Å²) in [6.45, 7) is 0. The van der Waals surface area contributed by atoms with Gasteiger partial charge in [0, 0.05) is 0 Å². The first-order valence-electron chi connectivity index (χ1n) is 5.53. The fourth-order valence-corrected chi connectivity index (χ4v) is 1.88. The van der Waals surface area contributed by atoms with Gasteiger partial charge in [0.25, 0.3) is 5.89 Å². The SMILES string of the molecule is O=C(O)C(C1CC1)n1nc(-c2ccco2)oc1=O. The molecule has 1 atom stereocenters. The average Bonchev–Trinajstić information content (AvgIpc) is 2.87. The van der Waals surface area contributed by atoms with E-state index in [4.69, 9.17) is 13.9 Å². The van der Waals surface area contributed by atoms with E-state index in [1.807, 2.05) is 0 Å². The number of aromatic nitrogens is 2. The van der Waals surface area contributed by atoms with Gasteiger partial charge in [-0.25, -0.2) is 9.59 Å². The average molecular weight is 250 g/mol. The summed E-state index contributed by atoms with van der Waals surface area (Å²) in [5, 5.41) is 13.0. The number of carboxylic acid groups (broad SMARTS) is 1. The smallest absolute Gasteiger partial charge is 0.438 e. The molecule has 18 heavy (non-hydrogen) atoms. The van der Waals surface area contributed by atoms with Crippen molar-refractivity contribution in [1.29, 1.82) is 0 Å². The lowest BCUT2D eigenvalue weighted by molar-refractivity contribution is -0.142. The summed E-state index contributed by atoms with van der Waals surface area (Å²) in [5.74, 6) is -1.60. The molecule has 2 aromatic rings. The Balaban J connectivity index is 2.02. The lowest BCUT2D eigenvalue weighted by atomic mass is 10.2. The van der Waals surface area contributed by atoms with Crippen LogP contribution >= 0.6 is 0 Å². The molecular formula is C11H10N2O5. The molecule has 0 aromatic carbocycles. The Bertz CT molecular complexity index is 620. The van der Waals surface area contributed by atoms with Crippen LogP contribution in [-0.2, 0) is 4.79 Å². The fraction of sp³-hybridized carbons (Fsp3) is 0.364. The quantitative estimate of drug-likeness (QED) is 0.873. The lowest BCUT2D eigenvalue weighted by Crippen LogP contribution is -2.29. The summed E-state index contributed by atoms with van der Waals surface area (Å²) >= 11 is 0. The maximum atomic E-state index is 11.6. The van der Waals surface area contributed by atoms with E-state index in [2.05, 4.69) is 5.10 Å². The third kappa shape index (κ3) is 1.73. The fourth-order valence-electron chi connectivity index (χ4n) is 1.88. The van der Waals surface area contributed by atoms with Crippen molar-refractivity contribution in [2.45, 2.75) is 18.9 Å². The van der Waals surface area contributed by atoms with E-state index in [1.54, 1.807) is 12.1 Å². The minimum Gasteiger partial charge on any atom is -0.480 e. The zero-order chi connectivity index (χ0) is 12.7. The van der Waals surface area contributed by atoms with E-state index in [-0.39, 0.29) is 11.8 Å². The van der Waals surface area contributed by atoms with Gasteiger partial charge in [0.1, 0.15) is 0 Å². The number of hydrogen-bond acceptors (Lipinski definition) is 5. The van der Waals surface area contributed by atoms with Crippen molar-refractivity contribution in [1.82, 2.24) is 9.78 Å². The second kappa shape index (κ2) is 3.86. The van der Waals surface area contributed by atoms with Crippen LogP contribution in [0.1, 0.15) is 18.9 Å². The van der Waals surface area contributed by atoms with E-state index in [1.165, 1.54) is 6.26 Å². The normalized spacial score (nSPS) is 16.7. The summed E-state index contributed by atoms with van der Waals surface area (Å²) in [6, 6.07) is 2.26. The Morgan fingerprint density at radius 2 is 2.33 bits per heavy atom. The molecular weight excluding hydrogens is 240 g/mol. The molecule has 2 aromatic heterocycles. The number of carbonyl (C=O) groups is 1. The molecule has 94 valence electrons. The third-order valence-corrected chi connectivity index (χ3v) is 2.89. The second-order valence-corrected chi connectivity index (χ2v) is 4.22. The van der Waals surface area contributed by atoms with Crippen LogP contribution < -0.4 is 5.76 Å². The van der Waals surface area contributed by atoms with Crippen molar-refractivity contribution in [3.8, 4) is 11.7 Å². The van der Waals surface area contributed by atoms with Crippen LogP contribution in [-0.4, -0.2) is 20.9 Å². The van der Waals surface area contributed by atoms with Gasteiger partial charge in [-0.1, -0.05) is 0 Å². The van der Waals surface area contributed by atoms with Gasteiger partial charge < -0.3 is 13.9 Å². The van der Waals surface area contributed by atoms with Crippen molar-refractivity contribution in [3.63, 3.8) is 0 Å². The van der Waals surface area contributed by atoms with Crippen molar-refractivity contribution in [2.24, 2.45) is 5.92 Å². The van der Waals surface area contributed by atoms with Crippen molar-refractivity contribution < 1.29 is 18.7 Å². The summed E-state index contributed by atoms with van der Waals surface area (Å²) in [4.78, 5) is 22.8. The van der Waals surface area contributed by atoms with Crippen LogP contribution in [0.5, 0.6) is 0 Å². The predicted octanol–water partition coefficient (Wildman–Crippen LogP) is 1.13. The molecule has 0 aliphatic heterocycles. The molecule has 1 saturated carbocycles. The topological polar surface area (TPSA) is 98.5 Å². The van der Waals surface area contributed by atoms with E-state index < -0.39 is 17.8 Å². The first-order valence-corrected chi connectivity index (χ1v) is 5.53. The van der Waals surface area contributed by atoms with Gasteiger partial charge in [-0.2, -0.15) is 4.68 Å². The van der Waals surface area contributed by atoms with E-state index >= 15 is 0 Å². The second-order valence-electron chi connectivity index (χ2n) is 4.22. The minimum absolute atomic E-state index is 0.00287. The monoisotopic (exact) mass is 250 g/mol. The first-order chi connectivity index (χ1) is 8.66. The number of furan rings is 1. The minimum atomic E-state index is -1.07. The number of carboxylic acids is 1. The molecule has 1 fully saturated rings. The summed E-state index contributed by atoms with van der Waals surface area (Å²) in [7, 11) is 0. The molecule has 7 nitrogen and oxygen atoms in total. The largest absolute Gasteiger partial charge is 0.480 e. The maximum Gasteiger partial charge on any atom is 0.438 e. The molecule has 0 bridgehead atoms. The Kier molecular flexibility index (Phi) is 2.32. The Morgan fingerprint density at radius 3 is 2.89 bits per heavy atom. The molecule has 3 rings (SSSR count). The Morgan fingerprint density at radius 1 is 1.56 bits per heavy atom. The van der Waals surface area contributed by atoms with Crippen LogP contribution in [0.15, 0.2) is 32.0 Å². The van der Waals surface area contributed by atoms with Gasteiger partial charge in [0.15, 0.2) is 11.8 Å². The van der Waals surface area contributed by atoms with Gasteiger partial charge in [0.05, 0.1) is 6.26 Å². The van der Waals surface area contributed by atoms with Crippen molar-refractivity contribution in [2.75, 3.05) is 0 Å². The molecule has 1 unspecified atom stereocenters. The van der Waals surface area contributed by atoms with Crippen molar-refractivity contribution >= 4 is 5.97 Å². The Hall–Kier alpha value is -2.31. The van der Waals surface area contributed by atoms with Gasteiger partial charge >= 0.3 is 11.7 Å². The van der Waals surface area contributed by atoms with E-state index in [0.29, 0.717) is 5.76 Å². The predicted molar refractivity (Wildman–Crippen MR) is 57.9 cm³/mol. The van der Waals surface area contributed by atoms with Gasteiger partial charge in [-0.15, -0.1) is 5.10 Å². The van der Waals surface area contributed by atoms with Crippen LogP contribution in [0.4, 0.5) is 0 Å². The zero-order valence-electron chi connectivity index (χ0n) is 9.28. The van der Waals surface area contributed by atoms with Gasteiger partial charge in [0.2, 0.25) is 0 Å². The summed E-state index contributed by atoms with van der Waals surface area (Å²) in [5.41, 5.74) is 0. The molecule has 1 N–H and O–H groups in total. The maximum absolute atomic E-state index is 11.6. The molecule has 1 aliphatic rings. The first kappa shape index (κ1) is 10.8. The van der Waals surface area contributed by atoms with Crippen LogP contribution in [0, 0.1) is 5.92 Å². The third-order valence-electron chi connectivity index (χ3n) is 2.89. The van der Waals surface area contributed by atoms with Crippen LogP contribution in [0.3, 0.4) is 0 Å². The number of aliphatic carboxylic acids is 1. The number of hydrogen-bond donors (Lipinski definition) is 1. The molecule has 0 amide bonds. The molecule has 0 spiro atoms. The highest BCUT2D eigenvalue weighted by molar-refractivity contribution is 5.72. The van der Waals surface area contributed by atoms with Crippen LogP contribution in [0.25, 0.3) is 11.7 Å². The number of rotatable bonds is 4. The summed E-state index contributed by atoms with van der Waals surface area (Å²) in [6.07, 6.45) is 2.99. The molecule has 7 heteroatoms. The molecule has 0 saturated heterocycles. The highest BCUT2D eigenvalue weighted by Crippen LogP contribution is 2.39. The highest BCUT2D eigenvalue weighted by atomic mass is 16.4. The van der Waals surface area contributed by atoms with Crippen molar-refractivity contribution in [3.05, 3.63) is 28.9 Å². The van der Waals surface area contributed by atoms with E-state index in [0.717, 1.165) is 17.5 Å². The zero-order valence-corrected chi connectivity index (χ0v) is 9.28. The van der Waals surface area contributed by atoms with E-state index in [9.17, 15) is 9.59 Å². The van der Waals surface area contributed by atoms with Gasteiger partial charge in [-0.3, -0.25) is 0 Å². The molecule has 2 heterocycles. The Labute approximate surface area is 101 Å². The lowest BCUT2D eigenvalue weighted by Gasteiger charge is -2.08. The van der Waals surface area contributed by atoms with Crippen LogP contribution in [0.2, 0.25) is 0 Å². The molecule has 1 aliphatic carbocycles. The van der Waals surface area contributed by atoms with Gasteiger partial charge in [-0.05, 0) is 30.9 Å². The number of nitrogens with zero attached hydrogens (tertiary/aromatic N) is 2. The molecule has 0 radical (unpaired) electrons. The highest BCUT2D eigenvalue weighted by Gasteiger charge is 2.40. The standard InChI is InChI=1S/C11H10N2O5/c14-10(15)8(6-3-4-6)13-11(16)18-9(12-13)7-2-1-5-17-7/h1-2,5-6,8H,3-4H2,(H,14,15).